The van der Waals surface area contributed by atoms with Crippen molar-refractivity contribution < 1.29 is 9.59 Å². The van der Waals surface area contributed by atoms with Crippen LogP contribution in [0.25, 0.3) is 0 Å². The molecule has 5 nitrogen and oxygen atoms in total. The number of carbonyl (C=O) groups excluding carboxylic acids is 2. The number of amides is 2. The van der Waals surface area contributed by atoms with Crippen molar-refractivity contribution in [1.82, 2.24) is 4.98 Å². The molecule has 0 atom stereocenters. The first-order valence-electron chi connectivity index (χ1n) is 7.41. The highest BCUT2D eigenvalue weighted by atomic mass is 16.2. The first-order chi connectivity index (χ1) is 11.7. The number of nitrogens with zero attached hydrogens (tertiary/aromatic N) is 1. The van der Waals surface area contributed by atoms with E-state index < -0.39 is 0 Å². The van der Waals surface area contributed by atoms with Crippen LogP contribution in [0.5, 0.6) is 0 Å². The SMILES string of the molecule is O=C(Nc1ccccc1C(=O)Nc1ccccc1)c1ccncc1. The number of para-hydroxylation sites is 2. The van der Waals surface area contributed by atoms with E-state index in [0.29, 0.717) is 22.5 Å². The Morgan fingerprint density at radius 3 is 2.12 bits per heavy atom. The van der Waals surface area contributed by atoms with Gasteiger partial charge in [-0.15, -0.1) is 0 Å². The van der Waals surface area contributed by atoms with Gasteiger partial charge < -0.3 is 10.6 Å². The second-order valence-electron chi connectivity index (χ2n) is 5.06. The van der Waals surface area contributed by atoms with Crippen molar-refractivity contribution in [3.8, 4) is 0 Å². The van der Waals surface area contributed by atoms with Gasteiger partial charge in [-0.05, 0) is 36.4 Å². The molecule has 0 aliphatic rings. The molecular weight excluding hydrogens is 302 g/mol. The Kier molecular flexibility index (Phi) is 4.62. The van der Waals surface area contributed by atoms with E-state index in [9.17, 15) is 9.59 Å². The zero-order valence-electron chi connectivity index (χ0n) is 12.8. The summed E-state index contributed by atoms with van der Waals surface area (Å²) in [6, 6.07) is 19.3. The van der Waals surface area contributed by atoms with Crippen LogP contribution in [0, 0.1) is 0 Å². The molecule has 0 saturated heterocycles. The third-order valence-corrected chi connectivity index (χ3v) is 3.39. The zero-order valence-corrected chi connectivity index (χ0v) is 12.8. The fourth-order valence-electron chi connectivity index (χ4n) is 2.21. The van der Waals surface area contributed by atoms with E-state index in [1.807, 2.05) is 18.2 Å². The molecule has 24 heavy (non-hydrogen) atoms. The van der Waals surface area contributed by atoms with Crippen LogP contribution < -0.4 is 10.6 Å². The number of benzene rings is 2. The van der Waals surface area contributed by atoms with Gasteiger partial charge in [0, 0.05) is 23.6 Å². The molecule has 0 spiro atoms. The van der Waals surface area contributed by atoms with Crippen LogP contribution in [0.15, 0.2) is 79.1 Å². The van der Waals surface area contributed by atoms with Crippen molar-refractivity contribution in [3.05, 3.63) is 90.3 Å². The summed E-state index contributed by atoms with van der Waals surface area (Å²) in [6.07, 6.45) is 3.09. The standard InChI is InChI=1S/C19H15N3O2/c23-18(14-10-12-20-13-11-14)22-17-9-5-4-8-16(17)19(24)21-15-6-2-1-3-7-15/h1-13H,(H,21,24)(H,22,23). The van der Waals surface area contributed by atoms with Gasteiger partial charge >= 0.3 is 0 Å². The fraction of sp³-hybridized carbons (Fsp3) is 0. The van der Waals surface area contributed by atoms with Crippen LogP contribution >= 0.6 is 0 Å². The van der Waals surface area contributed by atoms with Gasteiger partial charge in [-0.3, -0.25) is 14.6 Å². The summed E-state index contributed by atoms with van der Waals surface area (Å²) in [5.41, 5.74) is 2.01. The van der Waals surface area contributed by atoms with Crippen molar-refractivity contribution in [1.29, 1.82) is 0 Å². The molecule has 3 aromatic rings. The minimum atomic E-state index is -0.294. The van der Waals surface area contributed by atoms with Gasteiger partial charge in [0.05, 0.1) is 11.3 Å². The molecule has 1 aromatic heterocycles. The molecule has 118 valence electrons. The molecule has 0 aliphatic heterocycles. The summed E-state index contributed by atoms with van der Waals surface area (Å²) < 4.78 is 0. The summed E-state index contributed by atoms with van der Waals surface area (Å²) in [5, 5.41) is 5.58. The van der Waals surface area contributed by atoms with E-state index in [1.54, 1.807) is 60.9 Å². The quantitative estimate of drug-likeness (QED) is 0.772. The smallest absolute Gasteiger partial charge is 0.257 e. The predicted molar refractivity (Wildman–Crippen MR) is 93.0 cm³/mol. The summed E-state index contributed by atoms with van der Waals surface area (Å²) in [5.74, 6) is -0.579. The summed E-state index contributed by atoms with van der Waals surface area (Å²) in [4.78, 5) is 28.6. The van der Waals surface area contributed by atoms with Crippen molar-refractivity contribution in [2.45, 2.75) is 0 Å². The monoisotopic (exact) mass is 317 g/mol. The van der Waals surface area contributed by atoms with Gasteiger partial charge in [0.15, 0.2) is 0 Å². The molecule has 5 heteroatoms. The van der Waals surface area contributed by atoms with E-state index in [1.165, 1.54) is 0 Å². The maximum atomic E-state index is 12.5. The Labute approximate surface area is 139 Å². The highest BCUT2D eigenvalue weighted by molar-refractivity contribution is 6.12. The second kappa shape index (κ2) is 7.19. The van der Waals surface area contributed by atoms with Crippen LogP contribution in [0.3, 0.4) is 0 Å². The zero-order chi connectivity index (χ0) is 16.8. The van der Waals surface area contributed by atoms with Gasteiger partial charge in [0.1, 0.15) is 0 Å². The number of aromatic nitrogens is 1. The fourth-order valence-corrected chi connectivity index (χ4v) is 2.21. The number of anilines is 2. The number of rotatable bonds is 4. The van der Waals surface area contributed by atoms with Gasteiger partial charge in [0.25, 0.3) is 11.8 Å². The predicted octanol–water partition coefficient (Wildman–Crippen LogP) is 3.59. The lowest BCUT2D eigenvalue weighted by molar-refractivity contribution is 0.102. The molecule has 0 unspecified atom stereocenters. The van der Waals surface area contributed by atoms with Crippen molar-refractivity contribution >= 4 is 23.2 Å². The maximum Gasteiger partial charge on any atom is 0.257 e. The Balaban J connectivity index is 1.80. The Morgan fingerprint density at radius 1 is 0.708 bits per heavy atom. The van der Waals surface area contributed by atoms with E-state index in [0.717, 1.165) is 0 Å². The third kappa shape index (κ3) is 3.64. The molecule has 3 rings (SSSR count). The average Bonchev–Trinajstić information content (AvgIpc) is 2.63. The number of hydrogen-bond donors (Lipinski definition) is 2. The summed E-state index contributed by atoms with van der Waals surface area (Å²) in [7, 11) is 0. The average molecular weight is 317 g/mol. The minimum Gasteiger partial charge on any atom is -0.322 e. The van der Waals surface area contributed by atoms with E-state index in [-0.39, 0.29) is 11.8 Å². The van der Waals surface area contributed by atoms with Crippen LogP contribution in [0.1, 0.15) is 20.7 Å². The summed E-state index contributed by atoms with van der Waals surface area (Å²) in [6.45, 7) is 0. The number of carbonyl (C=O) groups is 2. The molecule has 2 amide bonds. The van der Waals surface area contributed by atoms with Crippen LogP contribution in [0.2, 0.25) is 0 Å². The Bertz CT molecular complexity index is 849. The van der Waals surface area contributed by atoms with Gasteiger partial charge in [0.2, 0.25) is 0 Å². The number of hydrogen-bond acceptors (Lipinski definition) is 3. The molecule has 0 saturated carbocycles. The Hall–Kier alpha value is -3.47. The maximum absolute atomic E-state index is 12.5. The normalized spacial score (nSPS) is 10.0. The molecule has 0 bridgehead atoms. The number of nitrogens with one attached hydrogen (secondary N) is 2. The van der Waals surface area contributed by atoms with Gasteiger partial charge in [-0.1, -0.05) is 30.3 Å². The first-order valence-corrected chi connectivity index (χ1v) is 7.41. The van der Waals surface area contributed by atoms with E-state index >= 15 is 0 Å². The van der Waals surface area contributed by atoms with Crippen molar-refractivity contribution in [3.63, 3.8) is 0 Å². The molecule has 0 aliphatic carbocycles. The van der Waals surface area contributed by atoms with E-state index in [2.05, 4.69) is 15.6 Å². The highest BCUT2D eigenvalue weighted by Gasteiger charge is 2.14. The van der Waals surface area contributed by atoms with Crippen LogP contribution in [-0.2, 0) is 0 Å². The lowest BCUT2D eigenvalue weighted by atomic mass is 10.1. The number of pyridine rings is 1. The molecule has 2 N–H and O–H groups in total. The Morgan fingerprint density at radius 2 is 1.38 bits per heavy atom. The lowest BCUT2D eigenvalue weighted by Crippen LogP contribution is -2.18. The van der Waals surface area contributed by atoms with E-state index in [4.69, 9.17) is 0 Å². The molecular formula is C19H15N3O2. The molecule has 0 fully saturated rings. The third-order valence-electron chi connectivity index (χ3n) is 3.39. The van der Waals surface area contributed by atoms with Crippen LogP contribution in [0.4, 0.5) is 11.4 Å². The van der Waals surface area contributed by atoms with Crippen molar-refractivity contribution in [2.75, 3.05) is 10.6 Å². The molecule has 1 heterocycles. The molecule has 0 radical (unpaired) electrons. The molecule has 2 aromatic carbocycles. The lowest BCUT2D eigenvalue weighted by Gasteiger charge is -2.11. The first kappa shape index (κ1) is 15.4. The largest absolute Gasteiger partial charge is 0.322 e. The minimum absolute atomic E-state index is 0.285. The second-order valence-corrected chi connectivity index (χ2v) is 5.06. The summed E-state index contributed by atoms with van der Waals surface area (Å²) >= 11 is 0. The van der Waals surface area contributed by atoms with Gasteiger partial charge in [-0.2, -0.15) is 0 Å². The highest BCUT2D eigenvalue weighted by Crippen LogP contribution is 2.18. The van der Waals surface area contributed by atoms with Gasteiger partial charge in [-0.25, -0.2) is 0 Å². The van der Waals surface area contributed by atoms with Crippen molar-refractivity contribution in [2.24, 2.45) is 0 Å². The van der Waals surface area contributed by atoms with Crippen LogP contribution in [-0.4, -0.2) is 16.8 Å². The topological polar surface area (TPSA) is 71.1 Å².